The Balaban J connectivity index is 2.01. The SMILES string of the molecule is CC1CN(c2cc(Cl)ncn2)CCN1C(=O)OC(C)(C)C. The van der Waals surface area contributed by atoms with E-state index in [4.69, 9.17) is 16.3 Å². The summed E-state index contributed by atoms with van der Waals surface area (Å²) >= 11 is 5.89. The highest BCUT2D eigenvalue weighted by Gasteiger charge is 2.31. The van der Waals surface area contributed by atoms with Gasteiger partial charge < -0.3 is 14.5 Å². The van der Waals surface area contributed by atoms with Crippen LogP contribution in [0.25, 0.3) is 0 Å². The smallest absolute Gasteiger partial charge is 0.410 e. The highest BCUT2D eigenvalue weighted by atomic mass is 35.5. The number of hydrogen-bond donors (Lipinski definition) is 0. The summed E-state index contributed by atoms with van der Waals surface area (Å²) in [7, 11) is 0. The first-order valence-corrected chi connectivity index (χ1v) is 7.36. The Morgan fingerprint density at radius 2 is 2.10 bits per heavy atom. The van der Waals surface area contributed by atoms with Gasteiger partial charge in [0.1, 0.15) is 22.9 Å². The van der Waals surface area contributed by atoms with Crippen LogP contribution in [0.15, 0.2) is 12.4 Å². The molecule has 1 fully saturated rings. The topological polar surface area (TPSA) is 58.6 Å². The molecular formula is C14H21ClN4O2. The van der Waals surface area contributed by atoms with Crippen molar-refractivity contribution in [2.45, 2.75) is 39.3 Å². The molecule has 0 spiro atoms. The standard InChI is InChI=1S/C14H21ClN4O2/c1-10-8-18(12-7-11(15)16-9-17-12)5-6-19(10)13(20)21-14(2,3)4/h7,9-10H,5-6,8H2,1-4H3. The van der Waals surface area contributed by atoms with Crippen LogP contribution in [-0.4, -0.2) is 52.2 Å². The van der Waals surface area contributed by atoms with Gasteiger partial charge in [-0.25, -0.2) is 14.8 Å². The van der Waals surface area contributed by atoms with Gasteiger partial charge in [-0.3, -0.25) is 0 Å². The highest BCUT2D eigenvalue weighted by Crippen LogP contribution is 2.20. The summed E-state index contributed by atoms with van der Waals surface area (Å²) in [5, 5.41) is 0.419. The summed E-state index contributed by atoms with van der Waals surface area (Å²) in [4.78, 5) is 24.1. The molecule has 1 amide bonds. The normalized spacial score (nSPS) is 19.6. The second-order valence-electron chi connectivity index (χ2n) is 6.17. The first kappa shape index (κ1) is 15.8. The van der Waals surface area contributed by atoms with Crippen LogP contribution >= 0.6 is 11.6 Å². The third kappa shape index (κ3) is 4.20. The van der Waals surface area contributed by atoms with Gasteiger partial charge in [-0.2, -0.15) is 0 Å². The maximum Gasteiger partial charge on any atom is 0.410 e. The molecule has 0 aromatic carbocycles. The zero-order valence-electron chi connectivity index (χ0n) is 12.8. The molecule has 0 saturated carbocycles. The zero-order valence-corrected chi connectivity index (χ0v) is 13.6. The van der Waals surface area contributed by atoms with Crippen LogP contribution in [0, 0.1) is 0 Å². The molecule has 1 saturated heterocycles. The molecule has 7 heteroatoms. The van der Waals surface area contributed by atoms with E-state index in [0.717, 1.165) is 5.82 Å². The van der Waals surface area contributed by atoms with E-state index < -0.39 is 5.60 Å². The van der Waals surface area contributed by atoms with Crippen molar-refractivity contribution >= 4 is 23.5 Å². The predicted molar refractivity (Wildman–Crippen MR) is 81.7 cm³/mol. The van der Waals surface area contributed by atoms with Crippen LogP contribution in [0.1, 0.15) is 27.7 Å². The Bertz CT molecular complexity index is 518. The van der Waals surface area contributed by atoms with Crippen LogP contribution < -0.4 is 4.90 Å². The fraction of sp³-hybridized carbons (Fsp3) is 0.643. The zero-order chi connectivity index (χ0) is 15.6. The van der Waals surface area contributed by atoms with E-state index >= 15 is 0 Å². The molecule has 0 aliphatic carbocycles. The molecule has 0 bridgehead atoms. The predicted octanol–water partition coefficient (Wildman–Crippen LogP) is 2.58. The number of nitrogens with zero attached hydrogens (tertiary/aromatic N) is 4. The molecule has 2 rings (SSSR count). The van der Waals surface area contributed by atoms with Crippen LogP contribution in [0.4, 0.5) is 10.6 Å². The molecule has 1 aromatic heterocycles. The van der Waals surface area contributed by atoms with E-state index in [1.54, 1.807) is 11.0 Å². The molecule has 116 valence electrons. The van der Waals surface area contributed by atoms with E-state index in [2.05, 4.69) is 14.9 Å². The molecule has 2 heterocycles. The van der Waals surface area contributed by atoms with Crippen molar-refractivity contribution in [3.8, 4) is 0 Å². The first-order chi connectivity index (χ1) is 9.76. The number of carbonyl (C=O) groups is 1. The van der Waals surface area contributed by atoms with Crippen molar-refractivity contribution in [3.63, 3.8) is 0 Å². The van der Waals surface area contributed by atoms with Gasteiger partial charge in [0.25, 0.3) is 0 Å². The first-order valence-electron chi connectivity index (χ1n) is 6.98. The number of carbonyl (C=O) groups excluding carboxylic acids is 1. The average molecular weight is 313 g/mol. The van der Waals surface area contributed by atoms with E-state index in [1.165, 1.54) is 6.33 Å². The van der Waals surface area contributed by atoms with Gasteiger partial charge in [0, 0.05) is 31.7 Å². The second-order valence-corrected chi connectivity index (χ2v) is 6.55. The van der Waals surface area contributed by atoms with Gasteiger partial charge in [0.05, 0.1) is 0 Å². The fourth-order valence-corrected chi connectivity index (χ4v) is 2.40. The van der Waals surface area contributed by atoms with Crippen molar-refractivity contribution in [3.05, 3.63) is 17.5 Å². The van der Waals surface area contributed by atoms with Gasteiger partial charge >= 0.3 is 6.09 Å². The van der Waals surface area contributed by atoms with Gasteiger partial charge in [-0.05, 0) is 27.7 Å². The summed E-state index contributed by atoms with van der Waals surface area (Å²) < 4.78 is 5.43. The van der Waals surface area contributed by atoms with E-state index in [0.29, 0.717) is 24.8 Å². The fourth-order valence-electron chi connectivity index (χ4n) is 2.25. The number of ether oxygens (including phenoxy) is 1. The maximum atomic E-state index is 12.2. The minimum atomic E-state index is -0.478. The summed E-state index contributed by atoms with van der Waals surface area (Å²) in [6.07, 6.45) is 1.18. The summed E-state index contributed by atoms with van der Waals surface area (Å²) in [6.45, 7) is 9.58. The summed E-state index contributed by atoms with van der Waals surface area (Å²) in [5.41, 5.74) is -0.478. The monoisotopic (exact) mass is 312 g/mol. The van der Waals surface area contributed by atoms with E-state index in [1.807, 2.05) is 27.7 Å². The number of rotatable bonds is 1. The van der Waals surface area contributed by atoms with E-state index in [-0.39, 0.29) is 12.1 Å². The Morgan fingerprint density at radius 3 is 2.67 bits per heavy atom. The number of anilines is 1. The Hall–Kier alpha value is -1.56. The van der Waals surface area contributed by atoms with Crippen molar-refractivity contribution < 1.29 is 9.53 Å². The second kappa shape index (κ2) is 6.05. The van der Waals surface area contributed by atoms with Crippen molar-refractivity contribution in [1.29, 1.82) is 0 Å². The van der Waals surface area contributed by atoms with Crippen LogP contribution in [0.5, 0.6) is 0 Å². The third-order valence-corrected chi connectivity index (χ3v) is 3.41. The molecule has 1 aliphatic rings. The molecule has 1 unspecified atom stereocenters. The number of amides is 1. The molecule has 21 heavy (non-hydrogen) atoms. The average Bonchev–Trinajstić information content (AvgIpc) is 2.36. The quantitative estimate of drug-likeness (QED) is 0.746. The number of halogens is 1. The lowest BCUT2D eigenvalue weighted by Crippen LogP contribution is -2.55. The molecular weight excluding hydrogens is 292 g/mol. The summed E-state index contributed by atoms with van der Waals surface area (Å²) in [5.74, 6) is 0.783. The minimum absolute atomic E-state index is 0.0438. The number of hydrogen-bond acceptors (Lipinski definition) is 5. The van der Waals surface area contributed by atoms with Crippen molar-refractivity contribution in [1.82, 2.24) is 14.9 Å². The molecule has 1 aliphatic heterocycles. The van der Waals surface area contributed by atoms with Crippen LogP contribution in [0.2, 0.25) is 5.15 Å². The third-order valence-electron chi connectivity index (χ3n) is 3.20. The lowest BCUT2D eigenvalue weighted by atomic mass is 10.2. The summed E-state index contributed by atoms with van der Waals surface area (Å²) in [6, 6.07) is 1.78. The largest absolute Gasteiger partial charge is 0.444 e. The van der Waals surface area contributed by atoms with Crippen LogP contribution in [0.3, 0.4) is 0 Å². The Morgan fingerprint density at radius 1 is 1.38 bits per heavy atom. The van der Waals surface area contributed by atoms with Crippen molar-refractivity contribution in [2.75, 3.05) is 24.5 Å². The molecule has 6 nitrogen and oxygen atoms in total. The van der Waals surface area contributed by atoms with Crippen LogP contribution in [-0.2, 0) is 4.74 Å². The van der Waals surface area contributed by atoms with Gasteiger partial charge in [-0.1, -0.05) is 11.6 Å². The lowest BCUT2D eigenvalue weighted by molar-refractivity contribution is 0.0158. The molecule has 1 aromatic rings. The molecule has 1 atom stereocenters. The van der Waals surface area contributed by atoms with Gasteiger partial charge in [0.15, 0.2) is 0 Å². The number of piperazine rings is 1. The molecule has 0 radical (unpaired) electrons. The van der Waals surface area contributed by atoms with Crippen molar-refractivity contribution in [2.24, 2.45) is 0 Å². The Kier molecular flexibility index (Phi) is 4.56. The van der Waals surface area contributed by atoms with Gasteiger partial charge in [0.2, 0.25) is 0 Å². The maximum absolute atomic E-state index is 12.2. The van der Waals surface area contributed by atoms with E-state index in [9.17, 15) is 4.79 Å². The lowest BCUT2D eigenvalue weighted by Gasteiger charge is -2.40. The Labute approximate surface area is 130 Å². The minimum Gasteiger partial charge on any atom is -0.444 e. The van der Waals surface area contributed by atoms with Gasteiger partial charge in [-0.15, -0.1) is 0 Å². The number of aromatic nitrogens is 2. The molecule has 0 N–H and O–H groups in total. The highest BCUT2D eigenvalue weighted by molar-refractivity contribution is 6.29.